The third-order valence-electron chi connectivity index (χ3n) is 6.08. The number of fused-ring (bicyclic) bond motifs is 1. The van der Waals surface area contributed by atoms with Crippen molar-refractivity contribution in [1.29, 1.82) is 10.7 Å². The Morgan fingerprint density at radius 1 is 1.27 bits per heavy atom. The van der Waals surface area contributed by atoms with Crippen LogP contribution in [0.5, 0.6) is 5.75 Å². The molecule has 33 heavy (non-hydrogen) atoms. The van der Waals surface area contributed by atoms with Gasteiger partial charge < -0.3 is 15.0 Å². The Hall–Kier alpha value is -3.76. The molecule has 1 heterocycles. The number of amides is 1. The first kappa shape index (κ1) is 22.4. The summed E-state index contributed by atoms with van der Waals surface area (Å²) in [5.41, 5.74) is 2.43. The first-order valence-corrected chi connectivity index (χ1v) is 10.7. The van der Waals surface area contributed by atoms with Gasteiger partial charge in [-0.05, 0) is 41.0 Å². The Kier molecular flexibility index (Phi) is 6.38. The van der Waals surface area contributed by atoms with E-state index in [0.717, 1.165) is 16.3 Å². The summed E-state index contributed by atoms with van der Waals surface area (Å²) in [6, 6.07) is 17.0. The molecule has 1 N–H and O–H groups in total. The zero-order valence-corrected chi connectivity index (χ0v) is 18.6. The lowest BCUT2D eigenvalue weighted by Gasteiger charge is -2.31. The van der Waals surface area contributed by atoms with E-state index in [0.29, 0.717) is 42.1 Å². The van der Waals surface area contributed by atoms with Crippen LogP contribution >= 0.6 is 0 Å². The van der Waals surface area contributed by atoms with Crippen molar-refractivity contribution in [3.63, 3.8) is 0 Å². The predicted octanol–water partition coefficient (Wildman–Crippen LogP) is 4.28. The number of carbonyl (C=O) groups is 1. The number of likely N-dealkylation sites (N-methyl/N-ethyl adjacent to an activating group) is 1. The molecule has 168 valence electrons. The van der Waals surface area contributed by atoms with Gasteiger partial charge in [-0.2, -0.15) is 5.26 Å². The molecule has 0 saturated carbocycles. The minimum Gasteiger partial charge on any atom is -0.495 e. The van der Waals surface area contributed by atoms with Crippen LogP contribution in [0.15, 0.2) is 54.6 Å². The van der Waals surface area contributed by atoms with Crippen LogP contribution in [0.4, 0.5) is 4.39 Å². The lowest BCUT2D eigenvalue weighted by atomic mass is 9.98. The van der Waals surface area contributed by atoms with Crippen LogP contribution in [-0.2, 0) is 11.3 Å². The summed E-state index contributed by atoms with van der Waals surface area (Å²) >= 11 is 0. The predicted molar refractivity (Wildman–Crippen MR) is 125 cm³/mol. The molecule has 1 saturated heterocycles. The summed E-state index contributed by atoms with van der Waals surface area (Å²) in [5, 5.41) is 19.5. The van der Waals surface area contributed by atoms with Crippen LogP contribution in [0, 0.1) is 22.6 Å². The van der Waals surface area contributed by atoms with Crippen molar-refractivity contribution in [1.82, 2.24) is 9.80 Å². The van der Waals surface area contributed by atoms with Crippen molar-refractivity contribution in [2.24, 2.45) is 0 Å². The number of rotatable bonds is 6. The highest BCUT2D eigenvalue weighted by Gasteiger charge is 2.34. The van der Waals surface area contributed by atoms with Gasteiger partial charge in [0.1, 0.15) is 23.7 Å². The SMILES string of the molecule is COc1c(C#N)cc2ccccc2c1CN(C)C(=O)C(c1ccc(F)cc1)N1CCC(=N)C1. The fourth-order valence-electron chi connectivity index (χ4n) is 4.46. The Morgan fingerprint density at radius 3 is 2.64 bits per heavy atom. The average Bonchev–Trinajstić information content (AvgIpc) is 3.25. The highest BCUT2D eigenvalue weighted by Crippen LogP contribution is 2.34. The molecule has 1 fully saturated rings. The zero-order valence-electron chi connectivity index (χ0n) is 18.6. The van der Waals surface area contributed by atoms with Crippen LogP contribution in [0.1, 0.15) is 29.2 Å². The fraction of sp³-hybridized carbons (Fsp3) is 0.269. The monoisotopic (exact) mass is 444 g/mol. The molecule has 4 rings (SSSR count). The van der Waals surface area contributed by atoms with Crippen LogP contribution in [0.2, 0.25) is 0 Å². The van der Waals surface area contributed by atoms with Gasteiger partial charge in [0.2, 0.25) is 5.91 Å². The van der Waals surface area contributed by atoms with E-state index < -0.39 is 6.04 Å². The molecule has 0 spiro atoms. The second-order valence-corrected chi connectivity index (χ2v) is 8.24. The molecule has 1 aliphatic heterocycles. The summed E-state index contributed by atoms with van der Waals surface area (Å²) in [6.45, 7) is 1.23. The molecular weight excluding hydrogens is 419 g/mol. The Labute approximate surface area is 192 Å². The number of benzene rings is 3. The normalized spacial score (nSPS) is 14.8. The lowest BCUT2D eigenvalue weighted by molar-refractivity contribution is -0.136. The van der Waals surface area contributed by atoms with E-state index in [9.17, 15) is 14.4 Å². The van der Waals surface area contributed by atoms with Crippen LogP contribution in [0.25, 0.3) is 10.8 Å². The maximum absolute atomic E-state index is 13.7. The molecule has 3 aromatic rings. The van der Waals surface area contributed by atoms with E-state index in [4.69, 9.17) is 10.1 Å². The maximum atomic E-state index is 13.7. The lowest BCUT2D eigenvalue weighted by Crippen LogP contribution is -2.40. The van der Waals surface area contributed by atoms with Gasteiger partial charge in [0.15, 0.2) is 0 Å². The van der Waals surface area contributed by atoms with Crippen molar-refractivity contribution in [2.45, 2.75) is 19.0 Å². The second kappa shape index (κ2) is 9.39. The maximum Gasteiger partial charge on any atom is 0.244 e. The van der Waals surface area contributed by atoms with Crippen molar-refractivity contribution in [2.75, 3.05) is 27.2 Å². The van der Waals surface area contributed by atoms with Gasteiger partial charge in [0, 0.05) is 38.0 Å². The van der Waals surface area contributed by atoms with E-state index in [2.05, 4.69) is 6.07 Å². The van der Waals surface area contributed by atoms with Gasteiger partial charge >= 0.3 is 0 Å². The summed E-state index contributed by atoms with van der Waals surface area (Å²) < 4.78 is 19.1. The quantitative estimate of drug-likeness (QED) is 0.615. The number of likely N-dealkylation sites (tertiary alicyclic amines) is 1. The summed E-state index contributed by atoms with van der Waals surface area (Å²) in [7, 11) is 3.24. The van der Waals surface area contributed by atoms with Gasteiger partial charge in [0.05, 0.1) is 12.7 Å². The molecule has 3 aromatic carbocycles. The van der Waals surface area contributed by atoms with Crippen LogP contribution in [-0.4, -0.2) is 48.7 Å². The Morgan fingerprint density at radius 2 is 2.00 bits per heavy atom. The number of methoxy groups -OCH3 is 1. The first-order valence-electron chi connectivity index (χ1n) is 10.7. The number of nitrogens with zero attached hydrogens (tertiary/aromatic N) is 3. The molecule has 1 atom stereocenters. The summed E-state index contributed by atoms with van der Waals surface area (Å²) in [5.74, 6) is -0.0704. The number of carbonyl (C=O) groups excluding carboxylic acids is 1. The van der Waals surface area contributed by atoms with Crippen molar-refractivity contribution in [3.05, 3.63) is 77.1 Å². The largest absolute Gasteiger partial charge is 0.495 e. The summed E-state index contributed by atoms with van der Waals surface area (Å²) in [6.07, 6.45) is 0.608. The Bertz CT molecular complexity index is 1250. The molecule has 6 nitrogen and oxygen atoms in total. The number of hydrogen-bond acceptors (Lipinski definition) is 5. The van der Waals surface area contributed by atoms with Crippen molar-refractivity contribution < 1.29 is 13.9 Å². The first-order chi connectivity index (χ1) is 15.9. The number of nitriles is 1. The zero-order chi connectivity index (χ0) is 23.5. The number of hydrogen-bond donors (Lipinski definition) is 1. The molecule has 1 unspecified atom stereocenters. The topological polar surface area (TPSA) is 80.4 Å². The molecule has 0 bridgehead atoms. The highest BCUT2D eigenvalue weighted by molar-refractivity contribution is 5.91. The third-order valence-corrected chi connectivity index (χ3v) is 6.08. The standard InChI is InChI=1S/C26H25FN4O2/c1-30(16-23-22-6-4-3-5-18(22)13-19(14-28)25(23)33-2)26(32)24(31-12-11-21(29)15-31)17-7-9-20(27)10-8-17/h3-10,13,24,29H,11-12,15-16H2,1-2H3. The smallest absolute Gasteiger partial charge is 0.244 e. The number of ether oxygens (including phenoxy) is 1. The van der Waals surface area contributed by atoms with Gasteiger partial charge in [-0.3, -0.25) is 9.69 Å². The van der Waals surface area contributed by atoms with Gasteiger partial charge in [-0.15, -0.1) is 0 Å². The van der Waals surface area contributed by atoms with Gasteiger partial charge in [0.25, 0.3) is 0 Å². The highest BCUT2D eigenvalue weighted by atomic mass is 19.1. The molecule has 1 aliphatic rings. The minimum atomic E-state index is -0.630. The molecular formula is C26H25FN4O2. The van der Waals surface area contributed by atoms with E-state index in [1.54, 1.807) is 30.1 Å². The van der Waals surface area contributed by atoms with Crippen molar-refractivity contribution in [3.8, 4) is 11.8 Å². The number of nitrogens with one attached hydrogen (secondary N) is 1. The van der Waals surface area contributed by atoms with Crippen molar-refractivity contribution >= 4 is 22.4 Å². The fourth-order valence-corrected chi connectivity index (χ4v) is 4.46. The molecule has 1 amide bonds. The molecule has 0 aromatic heterocycles. The third kappa shape index (κ3) is 4.43. The minimum absolute atomic E-state index is 0.162. The van der Waals surface area contributed by atoms with Gasteiger partial charge in [-0.1, -0.05) is 36.4 Å². The summed E-state index contributed by atoms with van der Waals surface area (Å²) in [4.78, 5) is 17.3. The Balaban J connectivity index is 1.72. The molecule has 0 radical (unpaired) electrons. The van der Waals surface area contributed by atoms with E-state index in [1.807, 2.05) is 29.2 Å². The number of halogens is 1. The van der Waals surface area contributed by atoms with Crippen LogP contribution in [0.3, 0.4) is 0 Å². The molecule has 7 heteroatoms. The van der Waals surface area contributed by atoms with Crippen LogP contribution < -0.4 is 4.74 Å². The van der Waals surface area contributed by atoms with E-state index in [1.165, 1.54) is 19.2 Å². The van der Waals surface area contributed by atoms with Gasteiger partial charge in [-0.25, -0.2) is 4.39 Å². The van der Waals surface area contributed by atoms with E-state index >= 15 is 0 Å². The average molecular weight is 445 g/mol. The van der Waals surface area contributed by atoms with E-state index in [-0.39, 0.29) is 18.3 Å². The second-order valence-electron chi connectivity index (χ2n) is 8.24. The molecule has 0 aliphatic carbocycles.